The smallest absolute Gasteiger partial charge is 0.306 e. The first-order valence-corrected chi connectivity index (χ1v) is 8.49. The first-order chi connectivity index (χ1) is 12.4. The molecule has 1 aromatic carbocycles. The number of amides is 2. The molecule has 1 fully saturated rings. The Morgan fingerprint density at radius 2 is 1.88 bits per heavy atom. The van der Waals surface area contributed by atoms with Crippen molar-refractivity contribution in [3.8, 4) is 0 Å². The summed E-state index contributed by atoms with van der Waals surface area (Å²) >= 11 is 0. The fourth-order valence-corrected chi connectivity index (χ4v) is 2.71. The second kappa shape index (κ2) is 8.46. The number of nitrogens with one attached hydrogen (secondary N) is 1. The molecule has 26 heavy (non-hydrogen) atoms. The van der Waals surface area contributed by atoms with E-state index in [0.717, 1.165) is 6.42 Å². The van der Waals surface area contributed by atoms with Gasteiger partial charge in [-0.1, -0.05) is 38.0 Å². The minimum absolute atomic E-state index is 0.240. The van der Waals surface area contributed by atoms with Gasteiger partial charge in [0, 0.05) is 0 Å². The molecule has 0 radical (unpaired) electrons. The molecule has 0 aliphatic carbocycles. The number of unbranched alkanes of at least 4 members (excludes halogenated alkanes) is 1. The van der Waals surface area contributed by atoms with Crippen LogP contribution in [0.15, 0.2) is 30.3 Å². The van der Waals surface area contributed by atoms with Crippen LogP contribution in [0, 0.1) is 5.41 Å². The van der Waals surface area contributed by atoms with E-state index in [1.165, 1.54) is 5.01 Å². The fourth-order valence-electron chi connectivity index (χ4n) is 2.71. The number of carbonyl (C=O) groups is 4. The van der Waals surface area contributed by atoms with Crippen LogP contribution in [0.4, 0.5) is 5.69 Å². The molecule has 2 rings (SSSR count). The van der Waals surface area contributed by atoms with Crippen LogP contribution in [0.3, 0.4) is 0 Å². The van der Waals surface area contributed by atoms with Crippen LogP contribution in [0.5, 0.6) is 0 Å². The van der Waals surface area contributed by atoms with Crippen molar-refractivity contribution in [2.24, 2.45) is 5.41 Å². The van der Waals surface area contributed by atoms with Gasteiger partial charge >= 0.3 is 11.9 Å². The molecule has 0 bridgehead atoms. The number of benzene rings is 1. The summed E-state index contributed by atoms with van der Waals surface area (Å²) in [6.07, 6.45) is 0.938. The number of hydrogen-bond acceptors (Lipinski definition) is 5. The normalized spacial score (nSPS) is 19.3. The minimum atomic E-state index is -1.50. The highest BCUT2D eigenvalue weighted by molar-refractivity contribution is 6.18. The van der Waals surface area contributed by atoms with Crippen LogP contribution in [0.25, 0.3) is 0 Å². The van der Waals surface area contributed by atoms with Gasteiger partial charge in [0.25, 0.3) is 11.8 Å². The third kappa shape index (κ3) is 4.19. The SMILES string of the molecule is CCCCC1(COC(=O)CCC(=O)O)C(=O)NN(c2ccccc2)C1=O. The van der Waals surface area contributed by atoms with Crippen molar-refractivity contribution in [3.63, 3.8) is 0 Å². The molecular formula is C18H22N2O6. The average Bonchev–Trinajstić information content (AvgIpc) is 2.88. The Labute approximate surface area is 151 Å². The number of carboxylic acids is 1. The van der Waals surface area contributed by atoms with Gasteiger partial charge in [0.1, 0.15) is 6.61 Å². The van der Waals surface area contributed by atoms with E-state index in [-0.39, 0.29) is 19.3 Å². The van der Waals surface area contributed by atoms with Crippen molar-refractivity contribution in [1.82, 2.24) is 5.43 Å². The van der Waals surface area contributed by atoms with E-state index in [1.807, 2.05) is 6.92 Å². The summed E-state index contributed by atoms with van der Waals surface area (Å²) in [5, 5.41) is 9.79. The van der Waals surface area contributed by atoms with Crippen LogP contribution in [0.1, 0.15) is 39.0 Å². The van der Waals surface area contributed by atoms with Gasteiger partial charge in [-0.25, -0.2) is 5.01 Å². The lowest BCUT2D eigenvalue weighted by molar-refractivity contribution is -0.154. The van der Waals surface area contributed by atoms with Crippen molar-refractivity contribution in [2.75, 3.05) is 11.6 Å². The number of rotatable bonds is 9. The molecule has 1 unspecified atom stereocenters. The van der Waals surface area contributed by atoms with E-state index in [0.29, 0.717) is 12.1 Å². The van der Waals surface area contributed by atoms with Crippen molar-refractivity contribution >= 4 is 29.4 Å². The average molecular weight is 362 g/mol. The zero-order valence-electron chi connectivity index (χ0n) is 14.6. The molecular weight excluding hydrogens is 340 g/mol. The number of carbonyl (C=O) groups excluding carboxylic acids is 3. The molecule has 2 N–H and O–H groups in total. The number of anilines is 1. The first kappa shape index (κ1) is 19.4. The van der Waals surface area contributed by atoms with E-state index >= 15 is 0 Å². The number of hydrazine groups is 1. The van der Waals surface area contributed by atoms with Gasteiger partial charge in [-0.15, -0.1) is 0 Å². The highest BCUT2D eigenvalue weighted by Gasteiger charge is 2.55. The Morgan fingerprint density at radius 3 is 2.50 bits per heavy atom. The van der Waals surface area contributed by atoms with Gasteiger partial charge in [-0.2, -0.15) is 0 Å². The number of esters is 1. The zero-order valence-corrected chi connectivity index (χ0v) is 14.6. The summed E-state index contributed by atoms with van der Waals surface area (Å²) in [6.45, 7) is 1.53. The molecule has 1 aliphatic rings. The number of carboxylic acid groups (broad SMARTS) is 1. The maximum Gasteiger partial charge on any atom is 0.306 e. The van der Waals surface area contributed by atoms with E-state index in [2.05, 4.69) is 5.43 Å². The van der Waals surface area contributed by atoms with Gasteiger partial charge in [0.05, 0.1) is 18.5 Å². The number of ether oxygens (including phenoxy) is 1. The monoisotopic (exact) mass is 362 g/mol. The maximum absolute atomic E-state index is 13.0. The summed E-state index contributed by atoms with van der Waals surface area (Å²) in [5.41, 5.74) is 1.57. The predicted molar refractivity (Wildman–Crippen MR) is 91.9 cm³/mol. The molecule has 8 nitrogen and oxygen atoms in total. The van der Waals surface area contributed by atoms with E-state index in [1.54, 1.807) is 30.3 Å². The third-order valence-corrected chi connectivity index (χ3v) is 4.25. The Hall–Kier alpha value is -2.90. The van der Waals surface area contributed by atoms with Gasteiger partial charge in [-0.3, -0.25) is 24.6 Å². The minimum Gasteiger partial charge on any atom is -0.481 e. The summed E-state index contributed by atoms with van der Waals surface area (Å²) in [4.78, 5) is 47.9. The van der Waals surface area contributed by atoms with E-state index in [9.17, 15) is 19.2 Å². The molecule has 0 saturated carbocycles. The lowest BCUT2D eigenvalue weighted by atomic mass is 9.82. The molecule has 0 spiro atoms. The van der Waals surface area contributed by atoms with E-state index in [4.69, 9.17) is 9.84 Å². The predicted octanol–water partition coefficient (Wildman–Crippen LogP) is 1.65. The van der Waals surface area contributed by atoms with Gasteiger partial charge in [0.2, 0.25) is 0 Å². The Kier molecular flexibility index (Phi) is 6.32. The topological polar surface area (TPSA) is 113 Å². The highest BCUT2D eigenvalue weighted by atomic mass is 16.5. The van der Waals surface area contributed by atoms with Crippen molar-refractivity contribution < 1.29 is 29.0 Å². The quantitative estimate of drug-likeness (QED) is 0.510. The molecule has 1 aromatic rings. The summed E-state index contributed by atoms with van der Waals surface area (Å²) in [6, 6.07) is 8.65. The zero-order chi connectivity index (χ0) is 19.2. The van der Waals surface area contributed by atoms with E-state index < -0.39 is 35.8 Å². The number of aliphatic carboxylic acids is 1. The molecule has 0 aromatic heterocycles. The molecule has 1 heterocycles. The molecule has 1 saturated heterocycles. The van der Waals surface area contributed by atoms with Crippen LogP contribution in [-0.2, 0) is 23.9 Å². The summed E-state index contributed by atoms with van der Waals surface area (Å²) in [5.74, 6) is -2.87. The summed E-state index contributed by atoms with van der Waals surface area (Å²) in [7, 11) is 0. The second-order valence-electron chi connectivity index (χ2n) is 6.16. The molecule has 8 heteroatoms. The number of para-hydroxylation sites is 1. The third-order valence-electron chi connectivity index (χ3n) is 4.25. The maximum atomic E-state index is 13.0. The van der Waals surface area contributed by atoms with Gasteiger partial charge in [-0.05, 0) is 18.6 Å². The fraction of sp³-hybridized carbons (Fsp3) is 0.444. The Bertz CT molecular complexity index is 690. The second-order valence-corrected chi connectivity index (χ2v) is 6.16. The van der Waals surface area contributed by atoms with Gasteiger partial charge < -0.3 is 9.84 Å². The van der Waals surface area contributed by atoms with Crippen LogP contribution >= 0.6 is 0 Å². The van der Waals surface area contributed by atoms with Gasteiger partial charge in [0.15, 0.2) is 5.41 Å². The Balaban J connectivity index is 2.16. The van der Waals surface area contributed by atoms with Crippen molar-refractivity contribution in [3.05, 3.63) is 30.3 Å². The number of nitrogens with zero attached hydrogens (tertiary/aromatic N) is 1. The molecule has 140 valence electrons. The highest BCUT2D eigenvalue weighted by Crippen LogP contribution is 2.35. The lowest BCUT2D eigenvalue weighted by Gasteiger charge is -2.24. The molecule has 1 aliphatic heterocycles. The van der Waals surface area contributed by atoms with Crippen molar-refractivity contribution in [2.45, 2.75) is 39.0 Å². The largest absolute Gasteiger partial charge is 0.481 e. The van der Waals surface area contributed by atoms with Crippen LogP contribution < -0.4 is 10.4 Å². The molecule has 1 atom stereocenters. The summed E-state index contributed by atoms with van der Waals surface area (Å²) < 4.78 is 5.09. The van der Waals surface area contributed by atoms with Crippen molar-refractivity contribution in [1.29, 1.82) is 0 Å². The Morgan fingerprint density at radius 1 is 1.19 bits per heavy atom. The standard InChI is InChI=1S/C18H22N2O6/c1-2-3-11-18(12-26-15(23)10-9-14(21)22)16(24)19-20(17(18)25)13-7-5-4-6-8-13/h4-8H,2-3,9-12H2,1H3,(H,19,24)(H,21,22). The lowest BCUT2D eigenvalue weighted by Crippen LogP contribution is -2.41. The van der Waals surface area contributed by atoms with Crippen LogP contribution in [-0.4, -0.2) is 35.5 Å². The molecule has 2 amide bonds. The van der Waals surface area contributed by atoms with Crippen LogP contribution in [0.2, 0.25) is 0 Å². The first-order valence-electron chi connectivity index (χ1n) is 8.49. The number of hydrogen-bond donors (Lipinski definition) is 2.